The smallest absolute Gasteiger partial charge is 0.150 e. The quantitative estimate of drug-likeness (QED) is 0.850. The average molecular weight is 288 g/mol. The summed E-state index contributed by atoms with van der Waals surface area (Å²) in [4.78, 5) is 6.88. The molecule has 1 aliphatic carbocycles. The van der Waals surface area contributed by atoms with Crippen LogP contribution >= 0.6 is 23.2 Å². The summed E-state index contributed by atoms with van der Waals surface area (Å²) in [5.41, 5.74) is 0. The Labute approximate surface area is 118 Å². The molecule has 18 heavy (non-hydrogen) atoms. The van der Waals surface area contributed by atoms with Crippen LogP contribution in [0.15, 0.2) is 6.07 Å². The maximum Gasteiger partial charge on any atom is 0.150 e. The van der Waals surface area contributed by atoms with Crippen LogP contribution in [0, 0.1) is 0 Å². The van der Waals surface area contributed by atoms with E-state index < -0.39 is 0 Å². The summed E-state index contributed by atoms with van der Waals surface area (Å²) >= 11 is 12.4. The molecule has 3 nitrogen and oxygen atoms in total. The van der Waals surface area contributed by atoms with Gasteiger partial charge in [-0.25, -0.2) is 4.98 Å². The number of anilines is 2. The van der Waals surface area contributed by atoms with E-state index in [1.807, 2.05) is 7.05 Å². The molecule has 1 aromatic heterocycles. The molecule has 1 heterocycles. The van der Waals surface area contributed by atoms with Crippen molar-refractivity contribution in [3.63, 3.8) is 0 Å². The van der Waals surface area contributed by atoms with Gasteiger partial charge in [0.1, 0.15) is 11.6 Å². The van der Waals surface area contributed by atoms with Crippen molar-refractivity contribution < 1.29 is 0 Å². The Morgan fingerprint density at radius 2 is 2.11 bits per heavy atom. The van der Waals surface area contributed by atoms with Gasteiger partial charge >= 0.3 is 0 Å². The first-order chi connectivity index (χ1) is 8.67. The zero-order valence-corrected chi connectivity index (χ0v) is 12.4. The molecular weight excluding hydrogens is 269 g/mol. The first kappa shape index (κ1) is 13.8. The maximum atomic E-state index is 6.29. The van der Waals surface area contributed by atoms with Crippen molar-refractivity contribution in [1.29, 1.82) is 0 Å². The van der Waals surface area contributed by atoms with Gasteiger partial charge in [-0.2, -0.15) is 0 Å². The zero-order valence-electron chi connectivity index (χ0n) is 10.8. The third-order valence-corrected chi connectivity index (χ3v) is 3.73. The lowest BCUT2D eigenvalue weighted by atomic mass is 10.3. The highest BCUT2D eigenvalue weighted by atomic mass is 35.5. The first-order valence-corrected chi connectivity index (χ1v) is 7.23. The van der Waals surface area contributed by atoms with Crippen LogP contribution in [0.5, 0.6) is 0 Å². The molecule has 1 fully saturated rings. The molecule has 0 spiro atoms. The van der Waals surface area contributed by atoms with Gasteiger partial charge in [-0.1, -0.05) is 36.5 Å². The largest absolute Gasteiger partial charge is 0.372 e. The number of hydrogen-bond donors (Lipinski definition) is 1. The van der Waals surface area contributed by atoms with Gasteiger partial charge in [0.15, 0.2) is 0 Å². The van der Waals surface area contributed by atoms with Gasteiger partial charge in [0, 0.05) is 19.6 Å². The van der Waals surface area contributed by atoms with Crippen LogP contribution in [0.25, 0.3) is 0 Å². The number of nitrogens with one attached hydrogen (secondary N) is 1. The summed E-state index contributed by atoms with van der Waals surface area (Å²) in [5, 5.41) is 4.21. The third kappa shape index (κ3) is 3.01. The number of pyridine rings is 1. The molecule has 1 aromatic rings. The van der Waals surface area contributed by atoms with Crippen LogP contribution in [0.4, 0.5) is 11.6 Å². The van der Waals surface area contributed by atoms with E-state index in [4.69, 9.17) is 23.2 Å². The fourth-order valence-corrected chi connectivity index (χ4v) is 2.57. The van der Waals surface area contributed by atoms with E-state index in [0.29, 0.717) is 21.9 Å². The second-order valence-corrected chi connectivity index (χ2v) is 5.47. The van der Waals surface area contributed by atoms with Crippen molar-refractivity contribution >= 4 is 34.8 Å². The Kier molecular flexibility index (Phi) is 4.57. The monoisotopic (exact) mass is 287 g/mol. The van der Waals surface area contributed by atoms with Crippen molar-refractivity contribution in [2.45, 2.75) is 38.6 Å². The number of hydrogen-bond acceptors (Lipinski definition) is 3. The van der Waals surface area contributed by atoms with Crippen molar-refractivity contribution in [3.8, 4) is 0 Å². The Morgan fingerprint density at radius 1 is 1.39 bits per heavy atom. The van der Waals surface area contributed by atoms with E-state index in [0.717, 1.165) is 18.8 Å². The van der Waals surface area contributed by atoms with Crippen LogP contribution in [0.1, 0.15) is 32.6 Å². The van der Waals surface area contributed by atoms with E-state index in [1.165, 1.54) is 19.3 Å². The Balaban J connectivity index is 2.28. The van der Waals surface area contributed by atoms with Crippen LogP contribution in [0.2, 0.25) is 10.0 Å². The molecule has 1 saturated carbocycles. The van der Waals surface area contributed by atoms with Gasteiger partial charge in [0.05, 0.1) is 10.0 Å². The van der Waals surface area contributed by atoms with Crippen LogP contribution < -0.4 is 10.2 Å². The van der Waals surface area contributed by atoms with Gasteiger partial charge in [-0.05, 0) is 25.3 Å². The number of rotatable bonds is 6. The Hall–Kier alpha value is -0.670. The molecule has 0 aliphatic heterocycles. The van der Waals surface area contributed by atoms with E-state index >= 15 is 0 Å². The fourth-order valence-electron chi connectivity index (χ4n) is 2.01. The van der Waals surface area contributed by atoms with Crippen molar-refractivity contribution in [1.82, 2.24) is 4.98 Å². The molecule has 0 amide bonds. The van der Waals surface area contributed by atoms with Crippen molar-refractivity contribution in [2.75, 3.05) is 23.8 Å². The van der Waals surface area contributed by atoms with Crippen LogP contribution in [-0.2, 0) is 0 Å². The molecule has 0 unspecified atom stereocenters. The molecule has 0 aromatic carbocycles. The van der Waals surface area contributed by atoms with Crippen LogP contribution in [-0.4, -0.2) is 24.6 Å². The lowest BCUT2D eigenvalue weighted by Gasteiger charge is -2.25. The van der Waals surface area contributed by atoms with E-state index in [2.05, 4.69) is 22.1 Å². The number of halogens is 2. The molecule has 0 bridgehead atoms. The summed E-state index contributed by atoms with van der Waals surface area (Å²) in [6.45, 7) is 3.21. The standard InChI is InChI=1S/C13H19Cl2N3/c1-3-4-7-18(9-5-6-9)13-11(15)8-10(14)12(16-2)17-13/h8-9H,3-7H2,1-2H3,(H,16,17). The third-order valence-electron chi connectivity index (χ3n) is 3.16. The molecule has 0 atom stereocenters. The highest BCUT2D eigenvalue weighted by Gasteiger charge is 2.31. The lowest BCUT2D eigenvalue weighted by Crippen LogP contribution is -2.28. The minimum absolute atomic E-state index is 0.567. The molecule has 0 saturated heterocycles. The molecule has 1 N–H and O–H groups in total. The maximum absolute atomic E-state index is 6.29. The molecule has 0 radical (unpaired) electrons. The molecule has 1 aliphatic rings. The highest BCUT2D eigenvalue weighted by molar-refractivity contribution is 6.37. The van der Waals surface area contributed by atoms with Gasteiger partial charge in [0.2, 0.25) is 0 Å². The highest BCUT2D eigenvalue weighted by Crippen LogP contribution is 2.37. The van der Waals surface area contributed by atoms with Crippen LogP contribution in [0.3, 0.4) is 0 Å². The Bertz CT molecular complexity index is 419. The summed E-state index contributed by atoms with van der Waals surface area (Å²) < 4.78 is 0. The molecule has 2 rings (SSSR count). The number of nitrogens with zero attached hydrogens (tertiary/aromatic N) is 2. The summed E-state index contributed by atoms with van der Waals surface area (Å²) in [7, 11) is 1.82. The normalized spacial score (nSPS) is 14.7. The average Bonchev–Trinajstić information content (AvgIpc) is 3.16. The number of unbranched alkanes of at least 4 members (excludes halogenated alkanes) is 1. The molecule has 100 valence electrons. The van der Waals surface area contributed by atoms with Gasteiger partial charge in [-0.15, -0.1) is 0 Å². The van der Waals surface area contributed by atoms with Gasteiger partial charge in [-0.3, -0.25) is 0 Å². The zero-order chi connectivity index (χ0) is 13.1. The molecular formula is C13H19Cl2N3. The van der Waals surface area contributed by atoms with Gasteiger partial charge in [0.25, 0.3) is 0 Å². The number of aromatic nitrogens is 1. The predicted octanol–water partition coefficient (Wildman–Crippen LogP) is 4.20. The van der Waals surface area contributed by atoms with Crippen molar-refractivity contribution in [2.24, 2.45) is 0 Å². The van der Waals surface area contributed by atoms with E-state index in [9.17, 15) is 0 Å². The summed E-state index contributed by atoms with van der Waals surface area (Å²) in [6, 6.07) is 2.38. The summed E-state index contributed by atoms with van der Waals surface area (Å²) in [6.07, 6.45) is 4.80. The second-order valence-electron chi connectivity index (χ2n) is 4.65. The SMILES string of the molecule is CCCCN(c1nc(NC)c(Cl)cc1Cl)C1CC1. The van der Waals surface area contributed by atoms with Crippen molar-refractivity contribution in [3.05, 3.63) is 16.1 Å². The summed E-state index contributed by atoms with van der Waals surface area (Å²) in [5.74, 6) is 1.56. The van der Waals surface area contributed by atoms with Gasteiger partial charge < -0.3 is 10.2 Å². The lowest BCUT2D eigenvalue weighted by molar-refractivity contribution is 0.705. The topological polar surface area (TPSA) is 28.2 Å². The minimum Gasteiger partial charge on any atom is -0.372 e. The van der Waals surface area contributed by atoms with E-state index in [-0.39, 0.29) is 0 Å². The Morgan fingerprint density at radius 3 is 2.67 bits per heavy atom. The second kappa shape index (κ2) is 5.98. The predicted molar refractivity (Wildman–Crippen MR) is 79.1 cm³/mol. The minimum atomic E-state index is 0.567. The van der Waals surface area contributed by atoms with E-state index in [1.54, 1.807) is 6.07 Å². The fraction of sp³-hybridized carbons (Fsp3) is 0.615. The molecule has 5 heteroatoms. The first-order valence-electron chi connectivity index (χ1n) is 6.47.